The normalized spacial score (nSPS) is 11.6. The third kappa shape index (κ3) is 5.43. The molecule has 0 saturated carbocycles. The van der Waals surface area contributed by atoms with E-state index in [1.165, 1.54) is 37.8 Å². The van der Waals surface area contributed by atoms with Gasteiger partial charge in [-0.15, -0.1) is 22.7 Å². The van der Waals surface area contributed by atoms with E-state index in [0.29, 0.717) is 0 Å². The van der Waals surface area contributed by atoms with Gasteiger partial charge in [-0.2, -0.15) is 0 Å². The molecule has 0 amide bonds. The first kappa shape index (κ1) is 20.1. The summed E-state index contributed by atoms with van der Waals surface area (Å²) in [7, 11) is 0. The highest BCUT2D eigenvalue weighted by atomic mass is 127. The van der Waals surface area contributed by atoms with E-state index in [9.17, 15) is 0 Å². The standard InChI is InChI=1S/C24H16I2S2/c25-19-7-1-17(2-8-19)5-11-21-13-15-23(27-21)24-16-14-22(28-24)12-6-18-3-9-20(26)10-4-18/h1-16H/b11-5+,12-6+. The van der Waals surface area contributed by atoms with Gasteiger partial charge in [0, 0.05) is 26.6 Å². The van der Waals surface area contributed by atoms with Crippen molar-refractivity contribution in [3.8, 4) is 9.75 Å². The quantitative estimate of drug-likeness (QED) is 0.195. The van der Waals surface area contributed by atoms with E-state index in [0.717, 1.165) is 0 Å². The van der Waals surface area contributed by atoms with Crippen molar-refractivity contribution < 1.29 is 0 Å². The summed E-state index contributed by atoms with van der Waals surface area (Å²) in [5.74, 6) is 0. The van der Waals surface area contributed by atoms with Crippen molar-refractivity contribution in [3.05, 3.63) is 101 Å². The lowest BCUT2D eigenvalue weighted by atomic mass is 10.2. The van der Waals surface area contributed by atoms with Crippen LogP contribution in [0.3, 0.4) is 0 Å². The van der Waals surface area contributed by atoms with Crippen molar-refractivity contribution in [2.45, 2.75) is 0 Å². The van der Waals surface area contributed by atoms with E-state index in [2.05, 4.69) is 142 Å². The first-order valence-corrected chi connectivity index (χ1v) is 12.5. The first-order valence-electron chi connectivity index (χ1n) is 8.73. The fraction of sp³-hybridized carbons (Fsp3) is 0. The molecule has 2 aromatic carbocycles. The molecule has 0 spiro atoms. The van der Waals surface area contributed by atoms with Crippen LogP contribution in [0.15, 0.2) is 72.8 Å². The van der Waals surface area contributed by atoms with Gasteiger partial charge in [-0.1, -0.05) is 36.4 Å². The molecule has 0 bridgehead atoms. The van der Waals surface area contributed by atoms with Crippen LogP contribution >= 0.6 is 67.9 Å². The summed E-state index contributed by atoms with van der Waals surface area (Å²) in [6, 6.07) is 26.0. The van der Waals surface area contributed by atoms with Crippen molar-refractivity contribution in [1.82, 2.24) is 0 Å². The molecular formula is C24H16I2S2. The molecule has 0 aliphatic carbocycles. The number of thiophene rings is 2. The fourth-order valence-electron chi connectivity index (χ4n) is 2.65. The van der Waals surface area contributed by atoms with Crippen molar-refractivity contribution in [2.75, 3.05) is 0 Å². The van der Waals surface area contributed by atoms with Gasteiger partial charge in [-0.05, 0) is 117 Å². The molecule has 4 aromatic rings. The number of halogens is 2. The predicted molar refractivity (Wildman–Crippen MR) is 144 cm³/mol. The SMILES string of the molecule is Ic1ccc(/C=C/c2ccc(-c3ccc(/C=C/c4ccc(I)cc4)s3)s2)cc1. The Balaban J connectivity index is 1.45. The molecule has 28 heavy (non-hydrogen) atoms. The van der Waals surface area contributed by atoms with Gasteiger partial charge in [-0.3, -0.25) is 0 Å². The summed E-state index contributed by atoms with van der Waals surface area (Å²) in [6.07, 6.45) is 8.74. The van der Waals surface area contributed by atoms with Crippen molar-refractivity contribution in [1.29, 1.82) is 0 Å². The summed E-state index contributed by atoms with van der Waals surface area (Å²) >= 11 is 8.33. The zero-order valence-electron chi connectivity index (χ0n) is 14.8. The van der Waals surface area contributed by atoms with E-state index in [1.54, 1.807) is 0 Å². The highest BCUT2D eigenvalue weighted by Crippen LogP contribution is 2.35. The summed E-state index contributed by atoms with van der Waals surface area (Å²) in [6.45, 7) is 0. The predicted octanol–water partition coefficient (Wildman–Crippen LogP) is 9.03. The minimum Gasteiger partial charge on any atom is -0.135 e. The zero-order valence-corrected chi connectivity index (χ0v) is 20.8. The Kier molecular flexibility index (Phi) is 6.82. The van der Waals surface area contributed by atoms with Crippen LogP contribution in [0.25, 0.3) is 34.1 Å². The van der Waals surface area contributed by atoms with Gasteiger partial charge in [-0.25, -0.2) is 0 Å². The molecule has 0 radical (unpaired) electrons. The van der Waals surface area contributed by atoms with Crippen molar-refractivity contribution >= 4 is 92.2 Å². The third-order valence-corrected chi connectivity index (χ3v) is 7.85. The zero-order chi connectivity index (χ0) is 19.3. The summed E-state index contributed by atoms with van der Waals surface area (Å²) in [5.41, 5.74) is 2.46. The first-order chi connectivity index (χ1) is 13.7. The molecule has 4 rings (SSSR count). The number of hydrogen-bond donors (Lipinski definition) is 0. The van der Waals surface area contributed by atoms with Crippen molar-refractivity contribution in [2.24, 2.45) is 0 Å². The Morgan fingerprint density at radius 3 is 1.25 bits per heavy atom. The molecule has 2 aromatic heterocycles. The topological polar surface area (TPSA) is 0 Å². The fourth-order valence-corrected chi connectivity index (χ4v) is 5.28. The lowest BCUT2D eigenvalue weighted by Crippen LogP contribution is -1.72. The molecule has 4 heteroatoms. The average molecular weight is 622 g/mol. The molecule has 0 aliphatic heterocycles. The van der Waals surface area contributed by atoms with Crippen LogP contribution in [0, 0.1) is 7.14 Å². The molecule has 0 nitrogen and oxygen atoms in total. The monoisotopic (exact) mass is 622 g/mol. The molecule has 0 unspecified atom stereocenters. The van der Waals surface area contributed by atoms with E-state index < -0.39 is 0 Å². The lowest BCUT2D eigenvalue weighted by molar-refractivity contribution is 1.61. The minimum atomic E-state index is 1.23. The molecular weight excluding hydrogens is 606 g/mol. The molecule has 0 saturated heterocycles. The lowest BCUT2D eigenvalue weighted by Gasteiger charge is -1.93. The van der Waals surface area contributed by atoms with Crippen LogP contribution in [0.1, 0.15) is 20.9 Å². The van der Waals surface area contributed by atoms with Gasteiger partial charge >= 0.3 is 0 Å². The second kappa shape index (κ2) is 9.52. The molecule has 138 valence electrons. The Morgan fingerprint density at radius 1 is 0.464 bits per heavy atom. The maximum atomic E-state index is 2.33. The summed E-state index contributed by atoms with van der Waals surface area (Å²) in [5, 5.41) is 0. The van der Waals surface area contributed by atoms with Crippen LogP contribution in [0.4, 0.5) is 0 Å². The molecule has 0 N–H and O–H groups in total. The highest BCUT2D eigenvalue weighted by molar-refractivity contribution is 14.1. The second-order valence-electron chi connectivity index (χ2n) is 6.17. The Hall–Kier alpha value is -1.22. The maximum Gasteiger partial charge on any atom is 0.0449 e. The Bertz CT molecular complexity index is 1020. The van der Waals surface area contributed by atoms with E-state index in [-0.39, 0.29) is 0 Å². The van der Waals surface area contributed by atoms with Gasteiger partial charge < -0.3 is 0 Å². The van der Waals surface area contributed by atoms with Gasteiger partial charge in [0.2, 0.25) is 0 Å². The number of rotatable bonds is 5. The Morgan fingerprint density at radius 2 is 0.857 bits per heavy atom. The van der Waals surface area contributed by atoms with Crippen LogP contribution < -0.4 is 0 Å². The number of hydrogen-bond acceptors (Lipinski definition) is 2. The third-order valence-electron chi connectivity index (χ3n) is 4.12. The van der Waals surface area contributed by atoms with Crippen LogP contribution in [0.5, 0.6) is 0 Å². The van der Waals surface area contributed by atoms with Crippen LogP contribution in [-0.2, 0) is 0 Å². The Labute approximate surface area is 200 Å². The molecule has 0 aliphatic rings. The maximum absolute atomic E-state index is 2.33. The van der Waals surface area contributed by atoms with E-state index in [4.69, 9.17) is 0 Å². The number of benzene rings is 2. The average Bonchev–Trinajstić information content (AvgIpc) is 3.36. The van der Waals surface area contributed by atoms with Crippen LogP contribution in [-0.4, -0.2) is 0 Å². The molecule has 0 fully saturated rings. The van der Waals surface area contributed by atoms with E-state index >= 15 is 0 Å². The van der Waals surface area contributed by atoms with E-state index in [1.807, 2.05) is 22.7 Å². The van der Waals surface area contributed by atoms with Crippen LogP contribution in [0.2, 0.25) is 0 Å². The minimum absolute atomic E-state index is 1.23. The second-order valence-corrected chi connectivity index (χ2v) is 10.9. The highest BCUT2D eigenvalue weighted by Gasteiger charge is 2.04. The summed E-state index contributed by atoms with van der Waals surface area (Å²) in [4.78, 5) is 5.19. The van der Waals surface area contributed by atoms with Gasteiger partial charge in [0.25, 0.3) is 0 Å². The largest absolute Gasteiger partial charge is 0.135 e. The van der Waals surface area contributed by atoms with Gasteiger partial charge in [0.15, 0.2) is 0 Å². The van der Waals surface area contributed by atoms with Crippen molar-refractivity contribution in [3.63, 3.8) is 0 Å². The smallest absolute Gasteiger partial charge is 0.0449 e. The summed E-state index contributed by atoms with van der Waals surface area (Å²) < 4.78 is 2.52. The van der Waals surface area contributed by atoms with Gasteiger partial charge in [0.05, 0.1) is 0 Å². The van der Waals surface area contributed by atoms with Gasteiger partial charge in [0.1, 0.15) is 0 Å². The molecule has 0 atom stereocenters. The molecule has 2 heterocycles.